The van der Waals surface area contributed by atoms with Gasteiger partial charge in [-0.15, -0.1) is 0 Å². The fourth-order valence-electron chi connectivity index (χ4n) is 3.05. The average molecular weight is 342 g/mol. The molecule has 2 N–H and O–H groups in total. The lowest BCUT2D eigenvalue weighted by Gasteiger charge is -2.20. The highest BCUT2D eigenvalue weighted by Gasteiger charge is 2.23. The highest BCUT2D eigenvalue weighted by Crippen LogP contribution is 2.34. The number of aryl methyl sites for hydroxylation is 1. The molecule has 2 aromatic carbocycles. The Morgan fingerprint density at radius 3 is 2.68 bits per heavy atom. The third-order valence-electron chi connectivity index (χ3n) is 4.03. The van der Waals surface area contributed by atoms with E-state index in [2.05, 4.69) is 10.6 Å². The lowest BCUT2D eigenvalue weighted by atomic mass is 10.1. The number of halogens is 1. The highest BCUT2D eigenvalue weighted by atomic mass is 19.1. The number of benzene rings is 2. The minimum absolute atomic E-state index is 0.146. The Morgan fingerprint density at radius 1 is 1.16 bits per heavy atom. The minimum Gasteiger partial charge on any atom is -0.444 e. The molecule has 0 radical (unpaired) electrons. The van der Waals surface area contributed by atoms with Crippen LogP contribution in [-0.4, -0.2) is 11.7 Å². The first-order chi connectivity index (χ1) is 11.8. The first-order valence-electron chi connectivity index (χ1n) is 8.45. The Balaban J connectivity index is 1.68. The molecule has 1 atom stereocenters. The first kappa shape index (κ1) is 17.3. The summed E-state index contributed by atoms with van der Waals surface area (Å²) in [5, 5.41) is 6.20. The Labute approximate surface area is 147 Å². The third-order valence-corrected chi connectivity index (χ3v) is 4.03. The Morgan fingerprint density at radius 2 is 1.92 bits per heavy atom. The number of carbonyl (C=O) groups is 1. The van der Waals surface area contributed by atoms with Gasteiger partial charge in [0.25, 0.3) is 0 Å². The smallest absolute Gasteiger partial charge is 0.412 e. The summed E-state index contributed by atoms with van der Waals surface area (Å²) in [4.78, 5) is 11.9. The van der Waals surface area contributed by atoms with Gasteiger partial charge in [-0.1, -0.05) is 12.1 Å². The zero-order valence-corrected chi connectivity index (χ0v) is 14.7. The highest BCUT2D eigenvalue weighted by molar-refractivity contribution is 5.85. The SMILES string of the molecule is CC(C)(C)OC(=O)Nc1cccc(NC2CCc3cc(F)ccc32)c1. The lowest BCUT2D eigenvalue weighted by molar-refractivity contribution is 0.0636. The molecule has 0 fully saturated rings. The second-order valence-electron chi connectivity index (χ2n) is 7.29. The van der Waals surface area contributed by atoms with Crippen molar-refractivity contribution in [3.63, 3.8) is 0 Å². The molecule has 4 nitrogen and oxygen atoms in total. The molecule has 0 heterocycles. The van der Waals surface area contributed by atoms with Gasteiger partial charge in [0.2, 0.25) is 0 Å². The van der Waals surface area contributed by atoms with Gasteiger partial charge in [-0.25, -0.2) is 9.18 Å². The molecular formula is C20H23FN2O2. The maximum absolute atomic E-state index is 13.3. The average Bonchev–Trinajstić information content (AvgIpc) is 2.87. The molecule has 25 heavy (non-hydrogen) atoms. The van der Waals surface area contributed by atoms with E-state index in [0.717, 1.165) is 29.7 Å². The van der Waals surface area contributed by atoms with Gasteiger partial charge < -0.3 is 10.1 Å². The van der Waals surface area contributed by atoms with Crippen molar-refractivity contribution in [3.05, 3.63) is 59.4 Å². The molecule has 0 bridgehead atoms. The van der Waals surface area contributed by atoms with E-state index >= 15 is 0 Å². The van der Waals surface area contributed by atoms with E-state index < -0.39 is 11.7 Å². The standard InChI is InChI=1S/C20H23FN2O2/c1-20(2,3)25-19(24)23-16-6-4-5-15(12-16)22-18-10-7-13-11-14(21)8-9-17(13)18/h4-6,8-9,11-12,18,22H,7,10H2,1-3H3,(H,23,24). The Kier molecular flexibility index (Phi) is 4.66. The van der Waals surface area contributed by atoms with Gasteiger partial charge in [0.05, 0.1) is 6.04 Å². The second kappa shape index (κ2) is 6.75. The second-order valence-corrected chi connectivity index (χ2v) is 7.29. The summed E-state index contributed by atoms with van der Waals surface area (Å²) < 4.78 is 18.6. The molecule has 0 saturated heterocycles. The van der Waals surface area contributed by atoms with Crippen LogP contribution in [0.1, 0.15) is 44.4 Å². The van der Waals surface area contributed by atoms with E-state index in [4.69, 9.17) is 4.74 Å². The van der Waals surface area contributed by atoms with Crippen LogP contribution in [-0.2, 0) is 11.2 Å². The topological polar surface area (TPSA) is 50.4 Å². The van der Waals surface area contributed by atoms with Gasteiger partial charge >= 0.3 is 6.09 Å². The summed E-state index contributed by atoms with van der Waals surface area (Å²) in [5.41, 5.74) is 3.21. The third kappa shape index (κ3) is 4.50. The zero-order chi connectivity index (χ0) is 18.0. The van der Waals surface area contributed by atoms with Crippen LogP contribution in [0.5, 0.6) is 0 Å². The molecule has 5 heteroatoms. The largest absolute Gasteiger partial charge is 0.444 e. The van der Waals surface area contributed by atoms with Crippen LogP contribution in [0.3, 0.4) is 0 Å². The summed E-state index contributed by atoms with van der Waals surface area (Å²) in [6.07, 6.45) is 1.30. The lowest BCUT2D eigenvalue weighted by Crippen LogP contribution is -2.27. The van der Waals surface area contributed by atoms with E-state index in [1.54, 1.807) is 6.07 Å². The molecule has 1 aliphatic carbocycles. The van der Waals surface area contributed by atoms with Crippen molar-refractivity contribution in [1.82, 2.24) is 0 Å². The minimum atomic E-state index is -0.539. The number of ether oxygens (including phenoxy) is 1. The van der Waals surface area contributed by atoms with E-state index in [1.165, 1.54) is 6.07 Å². The molecule has 3 rings (SSSR count). The quantitative estimate of drug-likeness (QED) is 0.798. The molecule has 1 unspecified atom stereocenters. The predicted molar refractivity (Wildman–Crippen MR) is 97.4 cm³/mol. The summed E-state index contributed by atoms with van der Waals surface area (Å²) in [6.45, 7) is 5.47. The summed E-state index contributed by atoms with van der Waals surface area (Å²) in [6, 6.07) is 12.6. The van der Waals surface area contributed by atoms with Crippen LogP contribution in [0.2, 0.25) is 0 Å². The van der Waals surface area contributed by atoms with Crippen LogP contribution in [0.15, 0.2) is 42.5 Å². The van der Waals surface area contributed by atoms with Gasteiger partial charge in [0.15, 0.2) is 0 Å². The summed E-state index contributed by atoms with van der Waals surface area (Å²) >= 11 is 0. The number of rotatable bonds is 3. The van der Waals surface area contributed by atoms with Crippen LogP contribution >= 0.6 is 0 Å². The molecule has 0 spiro atoms. The monoisotopic (exact) mass is 342 g/mol. The number of nitrogens with one attached hydrogen (secondary N) is 2. The van der Waals surface area contributed by atoms with E-state index in [1.807, 2.05) is 51.1 Å². The number of amides is 1. The van der Waals surface area contributed by atoms with Crippen molar-refractivity contribution in [1.29, 1.82) is 0 Å². The van der Waals surface area contributed by atoms with Crippen molar-refractivity contribution < 1.29 is 13.9 Å². The zero-order valence-electron chi connectivity index (χ0n) is 14.7. The maximum Gasteiger partial charge on any atom is 0.412 e. The molecule has 1 aliphatic rings. The Bertz CT molecular complexity index is 784. The number of carbonyl (C=O) groups excluding carboxylic acids is 1. The molecule has 0 saturated carbocycles. The number of fused-ring (bicyclic) bond motifs is 1. The normalized spacial score (nSPS) is 16.2. The number of hydrogen-bond acceptors (Lipinski definition) is 3. The van der Waals surface area contributed by atoms with Gasteiger partial charge in [-0.2, -0.15) is 0 Å². The van der Waals surface area contributed by atoms with Crippen LogP contribution in [0, 0.1) is 5.82 Å². The van der Waals surface area contributed by atoms with Crippen molar-refractivity contribution in [3.8, 4) is 0 Å². The predicted octanol–water partition coefficient (Wildman–Crippen LogP) is 5.27. The molecule has 132 valence electrons. The fourth-order valence-corrected chi connectivity index (χ4v) is 3.05. The van der Waals surface area contributed by atoms with Gasteiger partial charge in [0, 0.05) is 11.4 Å². The Hall–Kier alpha value is -2.56. The first-order valence-corrected chi connectivity index (χ1v) is 8.45. The van der Waals surface area contributed by atoms with E-state index in [9.17, 15) is 9.18 Å². The van der Waals surface area contributed by atoms with Crippen molar-refractivity contribution in [2.75, 3.05) is 10.6 Å². The number of hydrogen-bond donors (Lipinski definition) is 2. The maximum atomic E-state index is 13.3. The van der Waals surface area contributed by atoms with Gasteiger partial charge in [0.1, 0.15) is 11.4 Å². The van der Waals surface area contributed by atoms with Crippen LogP contribution in [0.4, 0.5) is 20.6 Å². The number of anilines is 2. The summed E-state index contributed by atoms with van der Waals surface area (Å²) in [7, 11) is 0. The van der Waals surface area contributed by atoms with Crippen molar-refractivity contribution >= 4 is 17.5 Å². The molecule has 2 aromatic rings. The van der Waals surface area contributed by atoms with Gasteiger partial charge in [-0.05, 0) is 75.1 Å². The van der Waals surface area contributed by atoms with Crippen LogP contribution < -0.4 is 10.6 Å². The molecule has 0 aliphatic heterocycles. The fraction of sp³-hybridized carbons (Fsp3) is 0.350. The molecule has 1 amide bonds. The molecule has 0 aromatic heterocycles. The van der Waals surface area contributed by atoms with E-state index in [0.29, 0.717) is 5.69 Å². The van der Waals surface area contributed by atoms with Gasteiger partial charge in [-0.3, -0.25) is 5.32 Å². The van der Waals surface area contributed by atoms with Crippen LogP contribution in [0.25, 0.3) is 0 Å². The van der Waals surface area contributed by atoms with Crippen molar-refractivity contribution in [2.24, 2.45) is 0 Å². The summed E-state index contributed by atoms with van der Waals surface area (Å²) in [5.74, 6) is -0.192. The molecular weight excluding hydrogens is 319 g/mol. The van der Waals surface area contributed by atoms with Crippen molar-refractivity contribution in [2.45, 2.75) is 45.3 Å². The van der Waals surface area contributed by atoms with E-state index in [-0.39, 0.29) is 11.9 Å².